The van der Waals surface area contributed by atoms with Crippen LogP contribution >= 0.6 is 0 Å². The molecule has 0 aliphatic carbocycles. The molecule has 0 saturated carbocycles. The van der Waals surface area contributed by atoms with Crippen molar-refractivity contribution >= 4 is 29.0 Å². The number of benzene rings is 1. The van der Waals surface area contributed by atoms with Crippen molar-refractivity contribution in [3.8, 4) is 11.5 Å². The van der Waals surface area contributed by atoms with Gasteiger partial charge in [-0.25, -0.2) is 9.78 Å². The molecule has 0 radical (unpaired) electrons. The van der Waals surface area contributed by atoms with E-state index in [1.54, 1.807) is 31.5 Å². The molecule has 1 saturated heterocycles. The number of carbonyl (C=O) groups is 2. The fourth-order valence-corrected chi connectivity index (χ4v) is 4.40. The second-order valence-corrected chi connectivity index (χ2v) is 7.99. The van der Waals surface area contributed by atoms with Gasteiger partial charge in [-0.2, -0.15) is 5.10 Å². The number of pyridine rings is 1. The number of carboxylic acid groups (broad SMARTS) is 1. The van der Waals surface area contributed by atoms with Crippen LogP contribution in [0.2, 0.25) is 0 Å². The average molecular weight is 434 g/mol. The fraction of sp³-hybridized carbons (Fsp3) is 0.304. The molecule has 2 aliphatic heterocycles. The van der Waals surface area contributed by atoms with E-state index in [-0.39, 0.29) is 17.5 Å². The third kappa shape index (κ3) is 3.45. The van der Waals surface area contributed by atoms with Gasteiger partial charge in [0.15, 0.2) is 11.4 Å². The topological polar surface area (TPSA) is 118 Å². The first-order valence-electron chi connectivity index (χ1n) is 10.5. The Morgan fingerprint density at radius 2 is 2.16 bits per heavy atom. The average Bonchev–Trinajstić information content (AvgIpc) is 3.36. The number of piperidine rings is 1. The van der Waals surface area contributed by atoms with Gasteiger partial charge in [0, 0.05) is 36.3 Å². The number of ketones is 1. The van der Waals surface area contributed by atoms with Gasteiger partial charge in [-0.05, 0) is 49.4 Å². The molecule has 0 unspecified atom stereocenters. The number of nitrogens with one attached hydrogen (secondary N) is 1. The van der Waals surface area contributed by atoms with Gasteiger partial charge in [-0.15, -0.1) is 0 Å². The zero-order valence-electron chi connectivity index (χ0n) is 17.5. The largest absolute Gasteiger partial charge is 0.496 e. The molecule has 1 amide bonds. The minimum atomic E-state index is -0.883. The second-order valence-electron chi connectivity index (χ2n) is 7.99. The molecule has 4 heterocycles. The van der Waals surface area contributed by atoms with Gasteiger partial charge >= 0.3 is 6.09 Å². The lowest BCUT2D eigenvalue weighted by Gasteiger charge is -2.30. The van der Waals surface area contributed by atoms with Crippen LogP contribution in [0, 0.1) is 5.92 Å². The lowest BCUT2D eigenvalue weighted by atomic mass is 9.88. The van der Waals surface area contributed by atoms with E-state index in [0.717, 1.165) is 23.8 Å². The van der Waals surface area contributed by atoms with Crippen molar-refractivity contribution in [3.05, 3.63) is 53.0 Å². The van der Waals surface area contributed by atoms with Crippen LogP contribution in [-0.2, 0) is 6.42 Å². The standard InChI is InChI=1S/C23H22N4O5/c1-31-18-5-4-15-20(28)19(12-17-14-3-2-8-24-22(14)26-25-17)32-21(15)16(18)11-13-6-9-27(10-7-13)23(29)30/h2-5,8,12-13H,6-7,9-11H2,1H3,(H,29,30)(H,24,25,26)/b19-12-. The summed E-state index contributed by atoms with van der Waals surface area (Å²) in [6.45, 7) is 1.01. The highest BCUT2D eigenvalue weighted by atomic mass is 16.5. The number of aromatic nitrogens is 3. The van der Waals surface area contributed by atoms with E-state index in [0.29, 0.717) is 47.9 Å². The Balaban J connectivity index is 1.44. The highest BCUT2D eigenvalue weighted by molar-refractivity contribution is 6.15. The van der Waals surface area contributed by atoms with Crippen molar-refractivity contribution in [2.75, 3.05) is 20.2 Å². The molecule has 2 aliphatic rings. The van der Waals surface area contributed by atoms with Gasteiger partial charge in [0.2, 0.25) is 5.78 Å². The smallest absolute Gasteiger partial charge is 0.407 e. The first-order valence-corrected chi connectivity index (χ1v) is 10.5. The zero-order chi connectivity index (χ0) is 22.2. The van der Waals surface area contributed by atoms with E-state index in [4.69, 9.17) is 9.47 Å². The lowest BCUT2D eigenvalue weighted by Crippen LogP contribution is -2.37. The number of amides is 1. The Hall–Kier alpha value is -3.88. The van der Waals surface area contributed by atoms with Gasteiger partial charge in [0.25, 0.3) is 0 Å². The van der Waals surface area contributed by atoms with Crippen molar-refractivity contribution in [1.82, 2.24) is 20.1 Å². The van der Waals surface area contributed by atoms with Crippen molar-refractivity contribution in [2.45, 2.75) is 19.3 Å². The summed E-state index contributed by atoms with van der Waals surface area (Å²) in [7, 11) is 1.59. The summed E-state index contributed by atoms with van der Waals surface area (Å²) in [6, 6.07) is 7.20. The third-order valence-corrected chi connectivity index (χ3v) is 6.13. The van der Waals surface area contributed by atoms with E-state index >= 15 is 0 Å². The van der Waals surface area contributed by atoms with Crippen LogP contribution in [0.5, 0.6) is 11.5 Å². The molecule has 9 nitrogen and oxygen atoms in total. The van der Waals surface area contributed by atoms with E-state index in [9.17, 15) is 14.7 Å². The number of nitrogens with zero attached hydrogens (tertiary/aromatic N) is 3. The van der Waals surface area contributed by atoms with E-state index in [1.165, 1.54) is 4.90 Å². The van der Waals surface area contributed by atoms with Gasteiger partial charge < -0.3 is 19.5 Å². The fourth-order valence-electron chi connectivity index (χ4n) is 4.40. The number of aromatic amines is 1. The molecule has 1 aromatic carbocycles. The molecule has 1 fully saturated rings. The summed E-state index contributed by atoms with van der Waals surface area (Å²) >= 11 is 0. The predicted molar refractivity (Wildman–Crippen MR) is 116 cm³/mol. The molecular formula is C23H22N4O5. The van der Waals surface area contributed by atoms with Gasteiger partial charge in [0.05, 0.1) is 18.4 Å². The summed E-state index contributed by atoms with van der Waals surface area (Å²) in [5.41, 5.74) is 2.55. The number of hydrogen-bond acceptors (Lipinski definition) is 6. The van der Waals surface area contributed by atoms with Crippen molar-refractivity contribution in [2.24, 2.45) is 5.92 Å². The van der Waals surface area contributed by atoms with Crippen LogP contribution in [-0.4, -0.2) is 57.3 Å². The molecular weight excluding hydrogens is 412 g/mol. The number of ether oxygens (including phenoxy) is 2. The third-order valence-electron chi connectivity index (χ3n) is 6.13. The maximum atomic E-state index is 13.1. The maximum Gasteiger partial charge on any atom is 0.407 e. The molecule has 2 aromatic heterocycles. The zero-order valence-corrected chi connectivity index (χ0v) is 17.5. The molecule has 0 atom stereocenters. The molecule has 2 N–H and O–H groups in total. The number of likely N-dealkylation sites (tertiary alicyclic amines) is 1. The molecule has 5 rings (SSSR count). The lowest BCUT2D eigenvalue weighted by molar-refractivity contribution is 0.101. The normalized spacial score (nSPS) is 17.6. The first-order chi connectivity index (χ1) is 15.5. The Labute approximate surface area is 183 Å². The number of hydrogen-bond donors (Lipinski definition) is 2. The number of fused-ring (bicyclic) bond motifs is 2. The summed E-state index contributed by atoms with van der Waals surface area (Å²) in [5.74, 6) is 1.45. The summed E-state index contributed by atoms with van der Waals surface area (Å²) in [6.07, 6.45) is 4.57. The van der Waals surface area contributed by atoms with Crippen LogP contribution in [0.3, 0.4) is 0 Å². The molecule has 32 heavy (non-hydrogen) atoms. The summed E-state index contributed by atoms with van der Waals surface area (Å²) < 4.78 is 11.6. The molecule has 9 heteroatoms. The first kappa shape index (κ1) is 20.0. The van der Waals surface area contributed by atoms with Crippen LogP contribution in [0.4, 0.5) is 4.79 Å². The summed E-state index contributed by atoms with van der Waals surface area (Å²) in [5, 5.41) is 17.1. The molecule has 164 valence electrons. The monoisotopic (exact) mass is 434 g/mol. The van der Waals surface area contributed by atoms with Crippen LogP contribution < -0.4 is 9.47 Å². The Bertz CT molecular complexity index is 1240. The SMILES string of the molecule is COc1ccc2c(c1CC1CCN(C(=O)O)CC1)O/C(=C\c1n[nH]c3ncccc13)C2=O. The van der Waals surface area contributed by atoms with Crippen molar-refractivity contribution in [3.63, 3.8) is 0 Å². The minimum Gasteiger partial charge on any atom is -0.496 e. The van der Waals surface area contributed by atoms with Crippen molar-refractivity contribution < 1.29 is 24.2 Å². The molecule has 0 spiro atoms. The highest BCUT2D eigenvalue weighted by Gasteiger charge is 2.33. The molecule has 3 aromatic rings. The Morgan fingerprint density at radius 1 is 1.34 bits per heavy atom. The van der Waals surface area contributed by atoms with E-state index in [2.05, 4.69) is 15.2 Å². The maximum absolute atomic E-state index is 13.1. The number of rotatable bonds is 4. The quantitative estimate of drug-likeness (QED) is 0.603. The van der Waals surface area contributed by atoms with E-state index in [1.807, 2.05) is 12.1 Å². The predicted octanol–water partition coefficient (Wildman–Crippen LogP) is 3.52. The number of methoxy groups -OCH3 is 1. The number of H-pyrrole nitrogens is 1. The number of carbonyl (C=O) groups excluding carboxylic acids is 1. The van der Waals surface area contributed by atoms with Gasteiger partial charge in [-0.1, -0.05) is 0 Å². The minimum absolute atomic E-state index is 0.201. The van der Waals surface area contributed by atoms with Crippen LogP contribution in [0.1, 0.15) is 34.5 Å². The number of Topliss-reactive ketones (excluding diaryl/α,β-unsaturated/α-hetero) is 1. The van der Waals surface area contributed by atoms with Crippen LogP contribution in [0.25, 0.3) is 17.1 Å². The Morgan fingerprint density at radius 3 is 2.91 bits per heavy atom. The number of allylic oxidation sites excluding steroid dienone is 1. The van der Waals surface area contributed by atoms with Gasteiger partial charge in [-0.3, -0.25) is 9.89 Å². The van der Waals surface area contributed by atoms with Crippen LogP contribution in [0.15, 0.2) is 36.2 Å². The Kier molecular flexibility index (Phi) is 5.01. The van der Waals surface area contributed by atoms with Crippen molar-refractivity contribution in [1.29, 1.82) is 0 Å². The second kappa shape index (κ2) is 7.99. The van der Waals surface area contributed by atoms with E-state index < -0.39 is 6.09 Å². The molecule has 0 bridgehead atoms. The van der Waals surface area contributed by atoms with Gasteiger partial charge in [0.1, 0.15) is 11.5 Å². The summed E-state index contributed by atoms with van der Waals surface area (Å²) in [4.78, 5) is 29.9. The highest BCUT2D eigenvalue weighted by Crippen LogP contribution is 2.42.